The second-order valence-electron chi connectivity index (χ2n) is 7.70. The fraction of sp³-hybridized carbons (Fsp3) is 0.240. The molecule has 3 aromatic rings. The lowest BCUT2D eigenvalue weighted by Gasteiger charge is -2.24. The van der Waals surface area contributed by atoms with Gasteiger partial charge in [0, 0.05) is 23.1 Å². The summed E-state index contributed by atoms with van der Waals surface area (Å²) in [6.07, 6.45) is 0. The van der Waals surface area contributed by atoms with Gasteiger partial charge >= 0.3 is 0 Å². The van der Waals surface area contributed by atoms with Crippen LogP contribution in [0.4, 0.5) is 5.69 Å². The van der Waals surface area contributed by atoms with Crippen molar-refractivity contribution in [1.82, 2.24) is 5.32 Å². The van der Waals surface area contributed by atoms with Crippen molar-refractivity contribution >= 4 is 45.0 Å². The highest BCUT2D eigenvalue weighted by Gasteiger charge is 2.27. The van der Waals surface area contributed by atoms with Crippen LogP contribution in [0.25, 0.3) is 0 Å². The molecule has 3 aromatic carbocycles. The van der Waals surface area contributed by atoms with Crippen LogP contribution in [0.5, 0.6) is 0 Å². The summed E-state index contributed by atoms with van der Waals surface area (Å²) in [6.45, 7) is 4.09. The molecule has 0 aliphatic heterocycles. The zero-order valence-electron chi connectivity index (χ0n) is 18.6. The molecule has 8 heteroatoms. The van der Waals surface area contributed by atoms with Crippen LogP contribution < -0.4 is 9.62 Å². The van der Waals surface area contributed by atoms with E-state index in [0.717, 1.165) is 21.4 Å². The van der Waals surface area contributed by atoms with E-state index in [4.69, 9.17) is 11.6 Å². The summed E-state index contributed by atoms with van der Waals surface area (Å²) < 4.78 is 27.8. The number of hydrogen-bond donors (Lipinski definition) is 1. The summed E-state index contributed by atoms with van der Waals surface area (Å²) in [5, 5.41) is 3.28. The third-order valence-corrected chi connectivity index (χ3v) is 7.97. The maximum Gasteiger partial charge on any atom is 0.264 e. The van der Waals surface area contributed by atoms with Crippen molar-refractivity contribution in [2.45, 2.75) is 24.5 Å². The second-order valence-corrected chi connectivity index (χ2v) is 11.1. The number of carbonyl (C=O) groups is 1. The number of thioether (sulfide) groups is 1. The quantitative estimate of drug-likeness (QED) is 0.387. The number of halogens is 1. The Bertz CT molecular complexity index is 1200. The van der Waals surface area contributed by atoms with Gasteiger partial charge in [-0.15, -0.1) is 0 Å². The first-order valence-electron chi connectivity index (χ1n) is 10.5. The predicted octanol–water partition coefficient (Wildman–Crippen LogP) is 5.20. The van der Waals surface area contributed by atoms with Gasteiger partial charge in [0.2, 0.25) is 5.91 Å². The van der Waals surface area contributed by atoms with Gasteiger partial charge in [-0.1, -0.05) is 53.6 Å². The number of nitrogens with one attached hydrogen (secondary N) is 1. The maximum absolute atomic E-state index is 13.4. The average Bonchev–Trinajstić information content (AvgIpc) is 2.77. The molecule has 0 saturated heterocycles. The predicted molar refractivity (Wildman–Crippen MR) is 138 cm³/mol. The van der Waals surface area contributed by atoms with Crippen molar-refractivity contribution in [2.75, 3.05) is 23.1 Å². The number of nitrogens with zero attached hydrogens (tertiary/aromatic N) is 1. The van der Waals surface area contributed by atoms with Gasteiger partial charge in [0.05, 0.1) is 10.6 Å². The molecule has 0 bridgehead atoms. The van der Waals surface area contributed by atoms with Crippen LogP contribution >= 0.6 is 23.4 Å². The van der Waals surface area contributed by atoms with Gasteiger partial charge in [0.1, 0.15) is 6.54 Å². The molecule has 0 radical (unpaired) electrons. The molecule has 0 aliphatic carbocycles. The monoisotopic (exact) mass is 502 g/mol. The molecule has 1 amide bonds. The number of rotatable bonds is 10. The molecule has 0 aromatic heterocycles. The SMILES string of the molecule is Cc1cccc(CSCCNC(=O)CN(c2cccc(C)c2)S(=O)(=O)c2ccc(Cl)cc2)c1. The molecular formula is C25H27ClN2O3S2. The third-order valence-electron chi connectivity index (χ3n) is 4.90. The Morgan fingerprint density at radius 2 is 1.64 bits per heavy atom. The lowest BCUT2D eigenvalue weighted by molar-refractivity contribution is -0.119. The standard InChI is InChI=1S/C25H27ClN2O3S2/c1-19-5-3-7-21(15-19)18-32-14-13-27-25(29)17-28(23-8-4-6-20(2)16-23)33(30,31)24-11-9-22(26)10-12-24/h3-12,15-16H,13-14,17-18H2,1-2H3,(H,27,29). The Balaban J connectivity index is 1.64. The molecule has 0 spiro atoms. The smallest absolute Gasteiger partial charge is 0.264 e. The molecule has 0 saturated carbocycles. The van der Waals surface area contributed by atoms with Crippen LogP contribution in [-0.2, 0) is 20.6 Å². The number of hydrogen-bond acceptors (Lipinski definition) is 4. The van der Waals surface area contributed by atoms with Crippen molar-refractivity contribution < 1.29 is 13.2 Å². The van der Waals surface area contributed by atoms with E-state index in [-0.39, 0.29) is 17.3 Å². The first-order valence-corrected chi connectivity index (χ1v) is 13.5. The molecule has 5 nitrogen and oxygen atoms in total. The van der Waals surface area contributed by atoms with Crippen LogP contribution in [-0.4, -0.2) is 33.2 Å². The molecule has 0 heterocycles. The van der Waals surface area contributed by atoms with E-state index in [1.54, 1.807) is 30.0 Å². The fourth-order valence-corrected chi connectivity index (χ4v) is 5.62. The lowest BCUT2D eigenvalue weighted by atomic mass is 10.2. The summed E-state index contributed by atoms with van der Waals surface area (Å²) in [5.74, 6) is 1.23. The maximum atomic E-state index is 13.4. The number of carbonyl (C=O) groups excluding carboxylic acids is 1. The molecular weight excluding hydrogens is 476 g/mol. The highest BCUT2D eigenvalue weighted by Crippen LogP contribution is 2.25. The van der Waals surface area contributed by atoms with E-state index in [1.807, 2.05) is 19.1 Å². The average molecular weight is 503 g/mol. The van der Waals surface area contributed by atoms with E-state index in [9.17, 15) is 13.2 Å². The Kier molecular flexibility index (Phi) is 8.83. The number of amides is 1. The zero-order valence-corrected chi connectivity index (χ0v) is 21.0. The molecule has 0 aliphatic rings. The first-order chi connectivity index (χ1) is 15.8. The van der Waals surface area contributed by atoms with Crippen molar-refractivity contribution in [3.8, 4) is 0 Å². The normalized spacial score (nSPS) is 11.2. The van der Waals surface area contributed by atoms with Gasteiger partial charge in [-0.3, -0.25) is 9.10 Å². The van der Waals surface area contributed by atoms with E-state index >= 15 is 0 Å². The van der Waals surface area contributed by atoms with Gasteiger partial charge in [-0.25, -0.2) is 8.42 Å². The lowest BCUT2D eigenvalue weighted by Crippen LogP contribution is -2.41. The molecule has 174 valence electrons. The minimum Gasteiger partial charge on any atom is -0.354 e. The van der Waals surface area contributed by atoms with Crippen LogP contribution in [0.1, 0.15) is 16.7 Å². The summed E-state index contributed by atoms with van der Waals surface area (Å²) >= 11 is 7.64. The Morgan fingerprint density at radius 3 is 2.30 bits per heavy atom. The van der Waals surface area contributed by atoms with E-state index in [1.165, 1.54) is 35.4 Å². The molecule has 0 atom stereocenters. The number of benzene rings is 3. The van der Waals surface area contributed by atoms with E-state index in [0.29, 0.717) is 17.3 Å². The first kappa shape index (κ1) is 25.1. The number of aryl methyl sites for hydroxylation is 2. The van der Waals surface area contributed by atoms with Gasteiger partial charge < -0.3 is 5.32 Å². The van der Waals surface area contributed by atoms with Crippen molar-refractivity contribution in [3.05, 3.63) is 94.5 Å². The largest absolute Gasteiger partial charge is 0.354 e. The molecule has 1 N–H and O–H groups in total. The zero-order chi connectivity index (χ0) is 23.8. The summed E-state index contributed by atoms with van der Waals surface area (Å²) in [6, 6.07) is 21.3. The van der Waals surface area contributed by atoms with E-state index < -0.39 is 10.0 Å². The van der Waals surface area contributed by atoms with Crippen LogP contribution in [0, 0.1) is 13.8 Å². The third kappa shape index (κ3) is 7.25. The number of anilines is 1. The van der Waals surface area contributed by atoms with Gasteiger partial charge in [-0.05, 0) is 61.4 Å². The second kappa shape index (κ2) is 11.6. The Hall–Kier alpha value is -2.48. The minimum absolute atomic E-state index is 0.0786. The topological polar surface area (TPSA) is 66.5 Å². The van der Waals surface area contributed by atoms with Crippen molar-refractivity contribution in [3.63, 3.8) is 0 Å². The van der Waals surface area contributed by atoms with Gasteiger partial charge in [0.25, 0.3) is 10.0 Å². The molecule has 33 heavy (non-hydrogen) atoms. The van der Waals surface area contributed by atoms with Gasteiger partial charge in [-0.2, -0.15) is 11.8 Å². The molecule has 0 fully saturated rings. The molecule has 3 rings (SSSR count). The van der Waals surface area contributed by atoms with E-state index in [2.05, 4.69) is 30.4 Å². The van der Waals surface area contributed by atoms with Crippen molar-refractivity contribution in [2.24, 2.45) is 0 Å². The summed E-state index contributed by atoms with van der Waals surface area (Å²) in [5.41, 5.74) is 3.80. The summed E-state index contributed by atoms with van der Waals surface area (Å²) in [4.78, 5) is 12.8. The fourth-order valence-electron chi connectivity index (χ4n) is 3.27. The van der Waals surface area contributed by atoms with Crippen LogP contribution in [0.15, 0.2) is 77.7 Å². The van der Waals surface area contributed by atoms with Crippen molar-refractivity contribution in [1.29, 1.82) is 0 Å². The highest BCUT2D eigenvalue weighted by molar-refractivity contribution is 7.98. The van der Waals surface area contributed by atoms with Crippen LogP contribution in [0.2, 0.25) is 5.02 Å². The highest BCUT2D eigenvalue weighted by atomic mass is 35.5. The minimum atomic E-state index is -3.95. The Labute approximate surface area is 205 Å². The summed E-state index contributed by atoms with van der Waals surface area (Å²) in [7, 11) is -3.95. The van der Waals surface area contributed by atoms with Crippen LogP contribution in [0.3, 0.4) is 0 Å². The molecule has 0 unspecified atom stereocenters. The number of sulfonamides is 1. The Morgan fingerprint density at radius 1 is 0.970 bits per heavy atom. The van der Waals surface area contributed by atoms with Gasteiger partial charge in [0.15, 0.2) is 0 Å².